The van der Waals surface area contributed by atoms with Crippen LogP contribution in [0.4, 0.5) is 5.69 Å². The van der Waals surface area contributed by atoms with E-state index in [0.717, 1.165) is 29.9 Å². The second kappa shape index (κ2) is 5.86. The van der Waals surface area contributed by atoms with Crippen molar-refractivity contribution >= 4 is 22.9 Å². The molecule has 1 aliphatic rings. The molecular formula is C14H20N2O2S. The molecule has 1 saturated heterocycles. The summed E-state index contributed by atoms with van der Waals surface area (Å²) >= 11 is 5.15. The molecule has 1 aromatic carbocycles. The van der Waals surface area contributed by atoms with Gasteiger partial charge in [-0.05, 0) is 18.6 Å². The van der Waals surface area contributed by atoms with Crippen molar-refractivity contribution in [3.8, 4) is 0 Å². The van der Waals surface area contributed by atoms with Crippen molar-refractivity contribution in [2.75, 3.05) is 32.2 Å². The number of ether oxygens (including phenoxy) is 2. The Morgan fingerprint density at radius 2 is 1.84 bits per heavy atom. The highest BCUT2D eigenvalue weighted by Crippen LogP contribution is 2.30. The molecule has 104 valence electrons. The molecule has 1 aromatic rings. The van der Waals surface area contributed by atoms with Crippen molar-refractivity contribution in [2.45, 2.75) is 19.1 Å². The van der Waals surface area contributed by atoms with Crippen molar-refractivity contribution in [3.05, 3.63) is 29.3 Å². The molecule has 2 rings (SSSR count). The third-order valence-corrected chi connectivity index (χ3v) is 3.86. The predicted octanol–water partition coefficient (Wildman–Crippen LogP) is 1.48. The van der Waals surface area contributed by atoms with E-state index < -0.39 is 0 Å². The van der Waals surface area contributed by atoms with Crippen LogP contribution in [0.1, 0.15) is 11.1 Å². The molecule has 4 nitrogen and oxygen atoms in total. The molecule has 0 aromatic heterocycles. The van der Waals surface area contributed by atoms with Crippen molar-refractivity contribution in [1.29, 1.82) is 0 Å². The van der Waals surface area contributed by atoms with E-state index in [4.69, 9.17) is 27.4 Å². The third kappa shape index (κ3) is 2.73. The van der Waals surface area contributed by atoms with E-state index in [1.807, 2.05) is 12.1 Å². The number of thiocarbonyl (C=S) groups is 1. The van der Waals surface area contributed by atoms with Gasteiger partial charge in [0.1, 0.15) is 17.2 Å². The molecule has 1 heterocycles. The van der Waals surface area contributed by atoms with Crippen molar-refractivity contribution in [2.24, 2.45) is 5.73 Å². The summed E-state index contributed by atoms with van der Waals surface area (Å²) in [5, 5.41) is 0. The molecule has 2 atom stereocenters. The topological polar surface area (TPSA) is 47.7 Å². The lowest BCUT2D eigenvalue weighted by molar-refractivity contribution is -0.00461. The lowest BCUT2D eigenvalue weighted by Crippen LogP contribution is -2.27. The number of nitrogens with two attached hydrogens (primary N) is 1. The first-order chi connectivity index (χ1) is 9.08. The zero-order chi connectivity index (χ0) is 14.0. The molecule has 1 aliphatic heterocycles. The molecule has 1 fully saturated rings. The number of methoxy groups -OCH3 is 2. The SMILES string of the molecule is COC1CN(c2c(C)cccc2C(N)=S)CC1OC. The second-order valence-electron chi connectivity index (χ2n) is 4.79. The van der Waals surface area contributed by atoms with Gasteiger partial charge in [-0.1, -0.05) is 24.4 Å². The molecule has 0 spiro atoms. The van der Waals surface area contributed by atoms with Crippen LogP contribution in [-0.2, 0) is 9.47 Å². The molecule has 0 amide bonds. The van der Waals surface area contributed by atoms with Gasteiger partial charge in [0.2, 0.25) is 0 Å². The molecule has 5 heteroatoms. The first-order valence-electron chi connectivity index (χ1n) is 6.28. The number of hydrogen-bond acceptors (Lipinski definition) is 4. The van der Waals surface area contributed by atoms with Crippen LogP contribution < -0.4 is 10.6 Å². The molecule has 0 bridgehead atoms. The Morgan fingerprint density at radius 3 is 2.32 bits per heavy atom. The summed E-state index contributed by atoms with van der Waals surface area (Å²) in [5.41, 5.74) is 9.00. The van der Waals surface area contributed by atoms with Crippen LogP contribution in [0.15, 0.2) is 18.2 Å². The fraction of sp³-hybridized carbons (Fsp3) is 0.500. The standard InChI is InChI=1S/C14H20N2O2S/c1-9-5-4-6-10(14(15)19)13(9)16-7-11(17-2)12(8-16)18-3/h4-6,11-12H,7-8H2,1-3H3,(H2,15,19). The van der Waals surface area contributed by atoms with Crippen molar-refractivity contribution < 1.29 is 9.47 Å². The normalized spacial score (nSPS) is 22.8. The van der Waals surface area contributed by atoms with Gasteiger partial charge in [0, 0.05) is 32.9 Å². The Bertz CT molecular complexity index is 467. The van der Waals surface area contributed by atoms with Gasteiger partial charge in [0.15, 0.2) is 0 Å². The first kappa shape index (κ1) is 14.2. The maximum Gasteiger partial charge on any atom is 0.106 e. The summed E-state index contributed by atoms with van der Waals surface area (Å²) in [4.78, 5) is 2.67. The van der Waals surface area contributed by atoms with E-state index in [9.17, 15) is 0 Å². The van der Waals surface area contributed by atoms with E-state index in [0.29, 0.717) is 4.99 Å². The largest absolute Gasteiger partial charge is 0.389 e. The average Bonchev–Trinajstić information content (AvgIpc) is 2.81. The average molecular weight is 280 g/mol. The van der Waals surface area contributed by atoms with Gasteiger partial charge < -0.3 is 20.1 Å². The Balaban J connectivity index is 2.35. The lowest BCUT2D eigenvalue weighted by Gasteiger charge is -2.23. The van der Waals surface area contributed by atoms with E-state index in [1.54, 1.807) is 14.2 Å². The van der Waals surface area contributed by atoms with Crippen LogP contribution >= 0.6 is 12.2 Å². The minimum Gasteiger partial charge on any atom is -0.389 e. The molecule has 0 aliphatic carbocycles. The maximum absolute atomic E-state index is 5.83. The van der Waals surface area contributed by atoms with Crippen molar-refractivity contribution in [1.82, 2.24) is 0 Å². The van der Waals surface area contributed by atoms with E-state index in [1.165, 1.54) is 0 Å². The quantitative estimate of drug-likeness (QED) is 0.847. The van der Waals surface area contributed by atoms with Gasteiger partial charge >= 0.3 is 0 Å². The van der Waals surface area contributed by atoms with Gasteiger partial charge in [-0.15, -0.1) is 0 Å². The highest BCUT2D eigenvalue weighted by atomic mass is 32.1. The Labute approximate surface area is 119 Å². The summed E-state index contributed by atoms with van der Waals surface area (Å²) in [6.07, 6.45) is 0.146. The highest BCUT2D eigenvalue weighted by molar-refractivity contribution is 7.80. The molecule has 2 N–H and O–H groups in total. The summed E-state index contributed by atoms with van der Waals surface area (Å²) in [7, 11) is 3.43. The summed E-state index contributed by atoms with van der Waals surface area (Å²) in [5.74, 6) is 0. The van der Waals surface area contributed by atoms with Gasteiger partial charge in [-0.3, -0.25) is 0 Å². The van der Waals surface area contributed by atoms with E-state index in [2.05, 4.69) is 17.9 Å². The Morgan fingerprint density at radius 1 is 1.26 bits per heavy atom. The number of para-hydroxylation sites is 1. The molecule has 2 unspecified atom stereocenters. The number of hydrogen-bond donors (Lipinski definition) is 1. The number of rotatable bonds is 4. The first-order valence-corrected chi connectivity index (χ1v) is 6.69. The van der Waals surface area contributed by atoms with Crippen LogP contribution in [-0.4, -0.2) is 44.5 Å². The van der Waals surface area contributed by atoms with Crippen LogP contribution in [0, 0.1) is 6.92 Å². The predicted molar refractivity (Wildman–Crippen MR) is 80.9 cm³/mol. The van der Waals surface area contributed by atoms with Crippen LogP contribution in [0.3, 0.4) is 0 Å². The van der Waals surface area contributed by atoms with E-state index in [-0.39, 0.29) is 12.2 Å². The number of benzene rings is 1. The zero-order valence-electron chi connectivity index (χ0n) is 11.6. The monoisotopic (exact) mass is 280 g/mol. The summed E-state index contributed by atoms with van der Waals surface area (Å²) in [6, 6.07) is 6.01. The number of anilines is 1. The van der Waals surface area contributed by atoms with Gasteiger partial charge in [-0.2, -0.15) is 0 Å². The fourth-order valence-corrected chi connectivity index (χ4v) is 2.82. The second-order valence-corrected chi connectivity index (χ2v) is 5.23. The van der Waals surface area contributed by atoms with Crippen LogP contribution in [0.2, 0.25) is 0 Å². The van der Waals surface area contributed by atoms with Crippen LogP contribution in [0.25, 0.3) is 0 Å². The third-order valence-electron chi connectivity index (χ3n) is 3.64. The zero-order valence-corrected chi connectivity index (χ0v) is 12.4. The Hall–Kier alpha value is -1.17. The molecule has 0 saturated carbocycles. The van der Waals surface area contributed by atoms with Gasteiger partial charge in [0.05, 0.1) is 5.69 Å². The lowest BCUT2D eigenvalue weighted by atomic mass is 10.1. The molecule has 19 heavy (non-hydrogen) atoms. The number of nitrogens with zero attached hydrogens (tertiary/aromatic N) is 1. The fourth-order valence-electron chi connectivity index (χ4n) is 2.66. The highest BCUT2D eigenvalue weighted by Gasteiger charge is 2.34. The molecule has 0 radical (unpaired) electrons. The smallest absolute Gasteiger partial charge is 0.106 e. The van der Waals surface area contributed by atoms with E-state index >= 15 is 0 Å². The van der Waals surface area contributed by atoms with Gasteiger partial charge in [0.25, 0.3) is 0 Å². The molecular weight excluding hydrogens is 260 g/mol. The number of aryl methyl sites for hydroxylation is 1. The summed E-state index contributed by atoms with van der Waals surface area (Å²) < 4.78 is 11.0. The summed E-state index contributed by atoms with van der Waals surface area (Å²) in [6.45, 7) is 3.64. The Kier molecular flexibility index (Phi) is 4.39. The van der Waals surface area contributed by atoms with Crippen LogP contribution in [0.5, 0.6) is 0 Å². The van der Waals surface area contributed by atoms with Gasteiger partial charge in [-0.25, -0.2) is 0 Å². The maximum atomic E-state index is 5.83. The minimum absolute atomic E-state index is 0.0730. The minimum atomic E-state index is 0.0730. The van der Waals surface area contributed by atoms with Crippen molar-refractivity contribution in [3.63, 3.8) is 0 Å².